The average molecular weight is 264 g/mol. The molecule has 0 atom stereocenters. The molecule has 9 heteroatoms. The van der Waals surface area contributed by atoms with Crippen molar-refractivity contribution < 1.29 is 13.2 Å². The lowest BCUT2D eigenvalue weighted by molar-refractivity contribution is -0.137. The van der Waals surface area contributed by atoms with Gasteiger partial charge in [-0.15, -0.1) is 0 Å². The summed E-state index contributed by atoms with van der Waals surface area (Å²) in [5.74, 6) is -0.108. The number of hydrogen-bond donors (Lipinski definition) is 1. The number of nitrogen functional groups attached to an aromatic ring is 1. The van der Waals surface area contributed by atoms with Crippen LogP contribution in [0.3, 0.4) is 0 Å². The molecule has 0 fully saturated rings. The Morgan fingerprint density at radius 3 is 2.59 bits per heavy atom. The zero-order valence-corrected chi connectivity index (χ0v) is 8.87. The maximum Gasteiger partial charge on any atom is 0.419 e. The number of rotatable bonds is 1. The van der Waals surface area contributed by atoms with Gasteiger partial charge in [-0.2, -0.15) is 23.3 Å². The van der Waals surface area contributed by atoms with E-state index in [1.165, 1.54) is 6.20 Å². The van der Waals surface area contributed by atoms with Gasteiger partial charge in [0.25, 0.3) is 0 Å². The molecule has 17 heavy (non-hydrogen) atoms. The van der Waals surface area contributed by atoms with Crippen molar-refractivity contribution in [3.05, 3.63) is 29.2 Å². The van der Waals surface area contributed by atoms with Crippen LogP contribution in [0.5, 0.6) is 0 Å². The molecule has 2 aromatic heterocycles. The number of anilines is 1. The van der Waals surface area contributed by atoms with Gasteiger partial charge < -0.3 is 5.73 Å². The molecule has 2 rings (SSSR count). The summed E-state index contributed by atoms with van der Waals surface area (Å²) in [6.07, 6.45) is -1.83. The highest BCUT2D eigenvalue weighted by molar-refractivity contribution is 6.32. The summed E-state index contributed by atoms with van der Waals surface area (Å²) in [5.41, 5.74) is 4.42. The lowest BCUT2D eigenvalue weighted by Crippen LogP contribution is -2.05. The van der Waals surface area contributed by atoms with Crippen LogP contribution < -0.4 is 5.73 Å². The summed E-state index contributed by atoms with van der Waals surface area (Å²) >= 11 is 5.73. The molecule has 0 saturated carbocycles. The van der Waals surface area contributed by atoms with E-state index in [4.69, 9.17) is 17.3 Å². The summed E-state index contributed by atoms with van der Waals surface area (Å²) in [6, 6.07) is 0. The van der Waals surface area contributed by atoms with E-state index in [0.717, 1.165) is 10.9 Å². The van der Waals surface area contributed by atoms with Crippen molar-refractivity contribution in [2.75, 3.05) is 5.73 Å². The first kappa shape index (κ1) is 11.6. The molecule has 2 heterocycles. The van der Waals surface area contributed by atoms with Crippen LogP contribution in [0.25, 0.3) is 5.82 Å². The van der Waals surface area contributed by atoms with E-state index in [2.05, 4.69) is 15.1 Å². The highest BCUT2D eigenvalue weighted by Gasteiger charge is 2.32. The Balaban J connectivity index is 2.47. The molecule has 0 radical (unpaired) electrons. The zero-order chi connectivity index (χ0) is 12.6. The standard InChI is InChI=1S/C8H5ClF3N5/c9-5-2-14-7(13)16-6(5)17-3-4(1-15-17)8(10,11)12/h1-3H,(H2,13,14,16). The van der Waals surface area contributed by atoms with Crippen molar-refractivity contribution in [2.45, 2.75) is 6.18 Å². The Morgan fingerprint density at radius 1 is 1.29 bits per heavy atom. The largest absolute Gasteiger partial charge is 0.419 e. The van der Waals surface area contributed by atoms with Crippen molar-refractivity contribution in [1.29, 1.82) is 0 Å². The second-order valence-electron chi connectivity index (χ2n) is 3.07. The molecule has 90 valence electrons. The van der Waals surface area contributed by atoms with Crippen LogP contribution in [0.15, 0.2) is 18.6 Å². The molecular formula is C8H5ClF3N5. The van der Waals surface area contributed by atoms with Crippen molar-refractivity contribution in [3.8, 4) is 5.82 Å². The third-order valence-electron chi connectivity index (χ3n) is 1.87. The van der Waals surface area contributed by atoms with Crippen LogP contribution in [0.4, 0.5) is 19.1 Å². The first-order chi connectivity index (χ1) is 7.88. The van der Waals surface area contributed by atoms with Gasteiger partial charge >= 0.3 is 6.18 Å². The summed E-state index contributed by atoms with van der Waals surface area (Å²) in [7, 11) is 0. The van der Waals surface area contributed by atoms with Gasteiger partial charge in [-0.1, -0.05) is 11.6 Å². The quantitative estimate of drug-likeness (QED) is 0.853. The van der Waals surface area contributed by atoms with E-state index in [9.17, 15) is 13.2 Å². The third kappa shape index (κ3) is 2.31. The average Bonchev–Trinajstić information content (AvgIpc) is 2.70. The Labute approximate surface area is 98.0 Å². The van der Waals surface area contributed by atoms with Gasteiger partial charge in [0.15, 0.2) is 5.82 Å². The van der Waals surface area contributed by atoms with Crippen molar-refractivity contribution in [3.63, 3.8) is 0 Å². The molecule has 0 bridgehead atoms. The van der Waals surface area contributed by atoms with E-state index < -0.39 is 11.7 Å². The van der Waals surface area contributed by atoms with Gasteiger partial charge in [-0.3, -0.25) is 0 Å². The lowest BCUT2D eigenvalue weighted by Gasteiger charge is -2.03. The Morgan fingerprint density at radius 2 is 2.00 bits per heavy atom. The topological polar surface area (TPSA) is 69.6 Å². The predicted molar refractivity (Wildman–Crippen MR) is 53.6 cm³/mol. The summed E-state index contributed by atoms with van der Waals surface area (Å²) in [6.45, 7) is 0. The van der Waals surface area contributed by atoms with E-state index in [-0.39, 0.29) is 16.8 Å². The molecule has 0 unspecified atom stereocenters. The molecule has 0 aromatic carbocycles. The van der Waals surface area contributed by atoms with Crippen LogP contribution in [-0.2, 0) is 6.18 Å². The van der Waals surface area contributed by atoms with E-state index in [0.29, 0.717) is 6.20 Å². The van der Waals surface area contributed by atoms with Gasteiger partial charge in [0.1, 0.15) is 5.02 Å². The van der Waals surface area contributed by atoms with Gasteiger partial charge in [-0.05, 0) is 0 Å². The van der Waals surface area contributed by atoms with Gasteiger partial charge in [0, 0.05) is 6.20 Å². The minimum Gasteiger partial charge on any atom is -0.368 e. The lowest BCUT2D eigenvalue weighted by atomic mass is 10.4. The number of halogens is 4. The molecule has 0 saturated heterocycles. The van der Waals surface area contributed by atoms with E-state index in [1.807, 2.05) is 0 Å². The van der Waals surface area contributed by atoms with Crippen molar-refractivity contribution in [2.24, 2.45) is 0 Å². The first-order valence-corrected chi connectivity index (χ1v) is 4.66. The van der Waals surface area contributed by atoms with Crippen molar-refractivity contribution in [1.82, 2.24) is 19.7 Å². The van der Waals surface area contributed by atoms with Crippen LogP contribution in [0.1, 0.15) is 5.56 Å². The molecule has 5 nitrogen and oxygen atoms in total. The number of aromatic nitrogens is 4. The Hall–Kier alpha value is -1.83. The summed E-state index contributed by atoms with van der Waals surface area (Å²) < 4.78 is 38.0. The number of nitrogens with zero attached hydrogens (tertiary/aromatic N) is 4. The van der Waals surface area contributed by atoms with Gasteiger partial charge in [0.2, 0.25) is 5.95 Å². The molecule has 0 aliphatic carbocycles. The highest BCUT2D eigenvalue weighted by atomic mass is 35.5. The van der Waals surface area contributed by atoms with Crippen LogP contribution in [0.2, 0.25) is 5.02 Å². The van der Waals surface area contributed by atoms with Crippen molar-refractivity contribution >= 4 is 17.5 Å². The highest BCUT2D eigenvalue weighted by Crippen LogP contribution is 2.29. The Kier molecular flexibility index (Phi) is 2.66. The third-order valence-corrected chi connectivity index (χ3v) is 2.14. The molecule has 0 amide bonds. The molecule has 0 aliphatic rings. The summed E-state index contributed by atoms with van der Waals surface area (Å²) in [5, 5.41) is 3.57. The van der Waals surface area contributed by atoms with Gasteiger partial charge in [-0.25, -0.2) is 9.67 Å². The fraction of sp³-hybridized carbons (Fsp3) is 0.125. The Bertz CT molecular complexity index is 550. The number of alkyl halides is 3. The SMILES string of the molecule is Nc1ncc(Cl)c(-n2cc(C(F)(F)F)cn2)n1. The minimum atomic E-state index is -4.47. The number of nitrogens with two attached hydrogens (primary N) is 1. The minimum absolute atomic E-state index is 0.00494. The molecule has 0 spiro atoms. The van der Waals surface area contributed by atoms with Gasteiger partial charge in [0.05, 0.1) is 18.0 Å². The fourth-order valence-electron chi connectivity index (χ4n) is 1.12. The number of hydrogen-bond acceptors (Lipinski definition) is 4. The van der Waals surface area contributed by atoms with Crippen LogP contribution in [-0.4, -0.2) is 19.7 Å². The second kappa shape index (κ2) is 3.88. The van der Waals surface area contributed by atoms with E-state index in [1.54, 1.807) is 0 Å². The molecular weight excluding hydrogens is 259 g/mol. The maximum absolute atomic E-state index is 12.4. The summed E-state index contributed by atoms with van der Waals surface area (Å²) in [4.78, 5) is 7.30. The monoisotopic (exact) mass is 263 g/mol. The van der Waals surface area contributed by atoms with Crippen LogP contribution in [0, 0.1) is 0 Å². The maximum atomic E-state index is 12.4. The molecule has 2 N–H and O–H groups in total. The van der Waals surface area contributed by atoms with E-state index >= 15 is 0 Å². The first-order valence-electron chi connectivity index (χ1n) is 4.28. The second-order valence-corrected chi connectivity index (χ2v) is 3.48. The predicted octanol–water partition coefficient (Wildman–Crippen LogP) is 1.92. The molecule has 2 aromatic rings. The fourth-order valence-corrected chi connectivity index (χ4v) is 1.29. The smallest absolute Gasteiger partial charge is 0.368 e. The van der Waals surface area contributed by atoms with Crippen LogP contribution >= 0.6 is 11.6 Å². The zero-order valence-electron chi connectivity index (χ0n) is 8.11. The molecule has 0 aliphatic heterocycles. The normalized spacial score (nSPS) is 11.8.